The summed E-state index contributed by atoms with van der Waals surface area (Å²) < 4.78 is 0. The van der Waals surface area contributed by atoms with E-state index in [1.807, 2.05) is 0 Å². The van der Waals surface area contributed by atoms with Crippen molar-refractivity contribution in [2.24, 2.45) is 0 Å². The Balaban J connectivity index is 2.38. The molecular weight excluding hydrogens is 317 g/mol. The summed E-state index contributed by atoms with van der Waals surface area (Å²) in [5, 5.41) is 9.49. The Morgan fingerprint density at radius 3 is 2.38 bits per heavy atom. The second-order valence-corrected chi connectivity index (χ2v) is 4.81. The summed E-state index contributed by atoms with van der Waals surface area (Å²) >= 11 is 11.5. The van der Waals surface area contributed by atoms with Crippen LogP contribution in [-0.4, -0.2) is 33.5 Å². The normalized spacial score (nSPS) is 10.2. The Morgan fingerprint density at radius 2 is 1.81 bits per heavy atom. The maximum atomic E-state index is 12.4. The van der Waals surface area contributed by atoms with Gasteiger partial charge in [-0.2, -0.15) is 0 Å². The summed E-state index contributed by atoms with van der Waals surface area (Å²) in [6.45, 7) is -0.519. The number of aromatic nitrogens is 2. The van der Waals surface area contributed by atoms with E-state index in [0.29, 0.717) is 10.7 Å². The zero-order valence-electron chi connectivity index (χ0n) is 10.5. The molecule has 0 fully saturated rings. The van der Waals surface area contributed by atoms with Crippen molar-refractivity contribution >= 4 is 40.8 Å². The van der Waals surface area contributed by atoms with Crippen molar-refractivity contribution in [3.8, 4) is 0 Å². The van der Waals surface area contributed by atoms with E-state index in [2.05, 4.69) is 9.97 Å². The second-order valence-electron chi connectivity index (χ2n) is 3.99. The maximum Gasteiger partial charge on any atom is 0.323 e. The molecule has 8 heteroatoms. The van der Waals surface area contributed by atoms with Gasteiger partial charge in [-0.05, 0) is 24.3 Å². The maximum absolute atomic E-state index is 12.4. The number of carboxylic acid groups (broad SMARTS) is 1. The average molecular weight is 326 g/mol. The van der Waals surface area contributed by atoms with Crippen molar-refractivity contribution in [2.45, 2.75) is 0 Å². The number of amides is 1. The van der Waals surface area contributed by atoms with Crippen LogP contribution in [-0.2, 0) is 4.79 Å². The topological polar surface area (TPSA) is 83.4 Å². The highest BCUT2D eigenvalue weighted by molar-refractivity contribution is 6.30. The van der Waals surface area contributed by atoms with Crippen molar-refractivity contribution in [1.82, 2.24) is 9.97 Å². The first-order chi connectivity index (χ1) is 9.97. The van der Waals surface area contributed by atoms with Gasteiger partial charge in [-0.15, -0.1) is 0 Å². The molecule has 0 aliphatic heterocycles. The molecule has 2 aromatic rings. The highest BCUT2D eigenvalue weighted by atomic mass is 35.5. The fourth-order valence-electron chi connectivity index (χ4n) is 1.62. The van der Waals surface area contributed by atoms with Crippen LogP contribution in [0.15, 0.2) is 36.7 Å². The predicted octanol–water partition coefficient (Wildman–Crippen LogP) is 2.51. The van der Waals surface area contributed by atoms with Gasteiger partial charge in [0.1, 0.15) is 17.4 Å². The van der Waals surface area contributed by atoms with Gasteiger partial charge < -0.3 is 5.11 Å². The van der Waals surface area contributed by atoms with Crippen molar-refractivity contribution in [1.29, 1.82) is 0 Å². The van der Waals surface area contributed by atoms with Crippen LogP contribution >= 0.6 is 23.2 Å². The van der Waals surface area contributed by atoms with Crippen LogP contribution in [0, 0.1) is 0 Å². The Hall–Kier alpha value is -2.18. The lowest BCUT2D eigenvalue weighted by Crippen LogP contribution is -2.36. The Kier molecular flexibility index (Phi) is 4.72. The Labute approximate surface area is 130 Å². The SMILES string of the molecule is O=C(O)CN(C(=O)c1cncc(Cl)n1)c1ccc(Cl)cc1. The van der Waals surface area contributed by atoms with Crippen molar-refractivity contribution in [2.75, 3.05) is 11.4 Å². The number of carbonyl (C=O) groups is 2. The first-order valence-electron chi connectivity index (χ1n) is 5.74. The zero-order chi connectivity index (χ0) is 15.4. The third-order valence-electron chi connectivity index (χ3n) is 2.50. The quantitative estimate of drug-likeness (QED) is 0.933. The number of benzene rings is 1. The minimum absolute atomic E-state index is 0.0429. The van der Waals surface area contributed by atoms with E-state index in [1.165, 1.54) is 12.4 Å². The third kappa shape index (κ3) is 3.90. The lowest BCUT2D eigenvalue weighted by molar-refractivity contribution is -0.135. The Morgan fingerprint density at radius 1 is 1.14 bits per heavy atom. The monoisotopic (exact) mass is 325 g/mol. The molecule has 0 aliphatic rings. The molecule has 0 bridgehead atoms. The number of anilines is 1. The summed E-state index contributed by atoms with van der Waals surface area (Å²) in [6, 6.07) is 6.20. The first kappa shape index (κ1) is 15.2. The second kappa shape index (κ2) is 6.51. The zero-order valence-corrected chi connectivity index (χ0v) is 12.0. The van der Waals surface area contributed by atoms with Crippen LogP contribution in [0.5, 0.6) is 0 Å². The summed E-state index contributed by atoms with van der Waals surface area (Å²) in [5.41, 5.74) is 0.340. The molecule has 0 unspecified atom stereocenters. The molecule has 0 saturated heterocycles. The highest BCUT2D eigenvalue weighted by Crippen LogP contribution is 2.20. The summed E-state index contributed by atoms with van der Waals surface area (Å²) in [6.07, 6.45) is 2.50. The minimum atomic E-state index is -1.16. The van der Waals surface area contributed by atoms with Gasteiger partial charge in [0.05, 0.1) is 12.4 Å². The van der Waals surface area contributed by atoms with Crippen LogP contribution < -0.4 is 4.90 Å². The molecule has 0 atom stereocenters. The smallest absolute Gasteiger partial charge is 0.323 e. The van der Waals surface area contributed by atoms with Gasteiger partial charge in [0.15, 0.2) is 0 Å². The number of carbonyl (C=O) groups excluding carboxylic acids is 1. The van der Waals surface area contributed by atoms with E-state index in [-0.39, 0.29) is 10.8 Å². The van der Waals surface area contributed by atoms with Crippen LogP contribution in [0.2, 0.25) is 10.2 Å². The minimum Gasteiger partial charge on any atom is -0.480 e. The van der Waals surface area contributed by atoms with E-state index in [1.54, 1.807) is 24.3 Å². The summed E-state index contributed by atoms with van der Waals surface area (Å²) in [4.78, 5) is 32.0. The number of hydrogen-bond acceptors (Lipinski definition) is 4. The van der Waals surface area contributed by atoms with Crippen molar-refractivity contribution in [3.63, 3.8) is 0 Å². The molecule has 0 saturated carbocycles. The molecule has 6 nitrogen and oxygen atoms in total. The van der Waals surface area contributed by atoms with Crippen molar-refractivity contribution < 1.29 is 14.7 Å². The molecule has 0 aliphatic carbocycles. The van der Waals surface area contributed by atoms with Gasteiger partial charge in [-0.25, -0.2) is 4.98 Å². The van der Waals surface area contributed by atoms with E-state index < -0.39 is 18.4 Å². The lowest BCUT2D eigenvalue weighted by Gasteiger charge is -2.20. The molecular formula is C13H9Cl2N3O3. The summed E-state index contributed by atoms with van der Waals surface area (Å²) in [5.74, 6) is -1.77. The molecule has 108 valence electrons. The van der Waals surface area contributed by atoms with E-state index in [4.69, 9.17) is 28.3 Å². The van der Waals surface area contributed by atoms with Crippen LogP contribution in [0.3, 0.4) is 0 Å². The fourth-order valence-corrected chi connectivity index (χ4v) is 1.89. The third-order valence-corrected chi connectivity index (χ3v) is 2.94. The van der Waals surface area contributed by atoms with Crippen LogP contribution in [0.25, 0.3) is 0 Å². The van der Waals surface area contributed by atoms with E-state index >= 15 is 0 Å². The molecule has 1 amide bonds. The van der Waals surface area contributed by atoms with Gasteiger partial charge in [-0.1, -0.05) is 23.2 Å². The number of halogens is 2. The molecule has 1 aromatic carbocycles. The number of rotatable bonds is 4. The molecule has 0 spiro atoms. The molecule has 21 heavy (non-hydrogen) atoms. The van der Waals surface area contributed by atoms with Crippen LogP contribution in [0.4, 0.5) is 5.69 Å². The fraction of sp³-hybridized carbons (Fsp3) is 0.0769. The first-order valence-corrected chi connectivity index (χ1v) is 6.50. The Bertz CT molecular complexity index is 677. The standard InChI is InChI=1S/C13H9Cl2N3O3/c14-8-1-3-9(4-2-8)18(7-12(19)20)13(21)10-5-16-6-11(15)17-10/h1-6H,7H2,(H,19,20). The lowest BCUT2D eigenvalue weighted by atomic mass is 10.2. The van der Waals surface area contributed by atoms with E-state index in [0.717, 1.165) is 4.90 Å². The largest absolute Gasteiger partial charge is 0.480 e. The highest BCUT2D eigenvalue weighted by Gasteiger charge is 2.22. The number of aliphatic carboxylic acids is 1. The number of hydrogen-bond donors (Lipinski definition) is 1. The molecule has 1 N–H and O–H groups in total. The summed E-state index contributed by atoms with van der Waals surface area (Å²) in [7, 11) is 0. The van der Waals surface area contributed by atoms with Crippen LogP contribution in [0.1, 0.15) is 10.5 Å². The van der Waals surface area contributed by atoms with Gasteiger partial charge in [0.25, 0.3) is 5.91 Å². The van der Waals surface area contributed by atoms with Gasteiger partial charge in [0, 0.05) is 10.7 Å². The molecule has 2 rings (SSSR count). The molecule has 0 radical (unpaired) electrons. The van der Waals surface area contributed by atoms with Crippen molar-refractivity contribution in [3.05, 3.63) is 52.5 Å². The van der Waals surface area contributed by atoms with Gasteiger partial charge in [-0.3, -0.25) is 19.5 Å². The molecule has 1 aromatic heterocycles. The van der Waals surface area contributed by atoms with Gasteiger partial charge in [0.2, 0.25) is 0 Å². The molecule has 1 heterocycles. The predicted molar refractivity (Wildman–Crippen MR) is 77.8 cm³/mol. The van der Waals surface area contributed by atoms with Gasteiger partial charge >= 0.3 is 5.97 Å². The number of nitrogens with zero attached hydrogens (tertiary/aromatic N) is 3. The average Bonchev–Trinajstić information content (AvgIpc) is 2.45. The van der Waals surface area contributed by atoms with E-state index in [9.17, 15) is 9.59 Å². The number of carboxylic acids is 1.